The standard InChI is InChI=1S/C41H28/c1-2-12-28(13-3-1)29-22-24-30(25-23-29)39(40-35-18-8-4-14-31(35)26-32-15-5-9-19-36(32)40)41-37-20-10-6-16-33(37)27-34-17-7-11-21-38(34)41/h1-27,39H. The molecule has 0 amide bonds. The molecule has 0 saturated carbocycles. The highest BCUT2D eigenvalue weighted by atomic mass is 14.3. The summed E-state index contributed by atoms with van der Waals surface area (Å²) in [5.74, 6) is 0.0341. The molecule has 41 heavy (non-hydrogen) atoms. The molecule has 0 aliphatic carbocycles. The molecule has 0 saturated heterocycles. The molecule has 0 fully saturated rings. The van der Waals surface area contributed by atoms with Crippen LogP contribution >= 0.6 is 0 Å². The van der Waals surface area contributed by atoms with Crippen molar-refractivity contribution < 1.29 is 0 Å². The van der Waals surface area contributed by atoms with E-state index in [-0.39, 0.29) is 5.92 Å². The van der Waals surface area contributed by atoms with Crippen molar-refractivity contribution in [1.82, 2.24) is 0 Å². The molecule has 0 spiro atoms. The van der Waals surface area contributed by atoms with Crippen LogP contribution in [0.25, 0.3) is 54.2 Å². The van der Waals surface area contributed by atoms with Crippen molar-refractivity contribution in [2.45, 2.75) is 5.92 Å². The first-order valence-electron chi connectivity index (χ1n) is 14.3. The van der Waals surface area contributed by atoms with Crippen LogP contribution in [0.15, 0.2) is 164 Å². The predicted octanol–water partition coefficient (Wildman–Crippen LogP) is 11.1. The van der Waals surface area contributed by atoms with E-state index in [9.17, 15) is 0 Å². The Labute approximate surface area is 240 Å². The third kappa shape index (κ3) is 4.00. The first kappa shape index (κ1) is 23.7. The van der Waals surface area contributed by atoms with Crippen LogP contribution in [0.5, 0.6) is 0 Å². The Hall–Kier alpha value is -5.20. The second-order valence-electron chi connectivity index (χ2n) is 10.9. The molecule has 0 radical (unpaired) electrons. The van der Waals surface area contributed by atoms with Crippen LogP contribution in [0.4, 0.5) is 0 Å². The Balaban J connectivity index is 1.52. The van der Waals surface area contributed by atoms with E-state index in [0.29, 0.717) is 0 Å². The lowest BCUT2D eigenvalue weighted by Gasteiger charge is -2.26. The minimum absolute atomic E-state index is 0.0341. The van der Waals surface area contributed by atoms with Crippen molar-refractivity contribution in [3.8, 4) is 11.1 Å². The van der Waals surface area contributed by atoms with Gasteiger partial charge in [-0.1, -0.05) is 152 Å². The van der Waals surface area contributed by atoms with E-state index in [4.69, 9.17) is 0 Å². The highest BCUT2D eigenvalue weighted by molar-refractivity contribution is 6.07. The second kappa shape index (κ2) is 9.77. The lowest BCUT2D eigenvalue weighted by molar-refractivity contribution is 1.02. The van der Waals surface area contributed by atoms with Gasteiger partial charge in [-0.2, -0.15) is 0 Å². The van der Waals surface area contributed by atoms with Crippen LogP contribution in [-0.4, -0.2) is 0 Å². The van der Waals surface area contributed by atoms with Crippen molar-refractivity contribution in [1.29, 1.82) is 0 Å². The molecule has 0 atom stereocenters. The SMILES string of the molecule is c1ccc(-c2ccc(C(c3c4ccccc4cc4ccccc34)c3c4ccccc4cc4ccccc34)cc2)cc1. The van der Waals surface area contributed by atoms with E-state index < -0.39 is 0 Å². The molecule has 0 unspecified atom stereocenters. The van der Waals surface area contributed by atoms with E-state index in [2.05, 4.69) is 164 Å². The van der Waals surface area contributed by atoms with Crippen molar-refractivity contribution in [3.63, 3.8) is 0 Å². The Bertz CT molecular complexity index is 1960. The van der Waals surface area contributed by atoms with Gasteiger partial charge in [0.15, 0.2) is 0 Å². The Kier molecular flexibility index (Phi) is 5.64. The normalized spacial score (nSPS) is 11.6. The van der Waals surface area contributed by atoms with Crippen LogP contribution in [0.1, 0.15) is 22.6 Å². The largest absolute Gasteiger partial charge is 0.0622 e. The van der Waals surface area contributed by atoms with Crippen molar-refractivity contribution in [3.05, 3.63) is 180 Å². The van der Waals surface area contributed by atoms with Gasteiger partial charge in [-0.15, -0.1) is 0 Å². The van der Waals surface area contributed by atoms with Gasteiger partial charge < -0.3 is 0 Å². The second-order valence-corrected chi connectivity index (χ2v) is 10.9. The molecule has 0 aliphatic rings. The Morgan fingerprint density at radius 3 is 1.05 bits per heavy atom. The van der Waals surface area contributed by atoms with Gasteiger partial charge in [0.05, 0.1) is 0 Å². The molecule has 0 nitrogen and oxygen atoms in total. The summed E-state index contributed by atoms with van der Waals surface area (Å²) in [7, 11) is 0. The Morgan fingerprint density at radius 1 is 0.293 bits per heavy atom. The van der Waals surface area contributed by atoms with Crippen molar-refractivity contribution in [2.24, 2.45) is 0 Å². The van der Waals surface area contributed by atoms with Crippen molar-refractivity contribution >= 4 is 43.1 Å². The van der Waals surface area contributed by atoms with Crippen LogP contribution in [0, 0.1) is 0 Å². The lowest BCUT2D eigenvalue weighted by atomic mass is 9.76. The third-order valence-electron chi connectivity index (χ3n) is 8.55. The summed E-state index contributed by atoms with van der Waals surface area (Å²) in [6.45, 7) is 0. The number of fused-ring (bicyclic) bond motifs is 4. The van der Waals surface area contributed by atoms with Gasteiger partial charge >= 0.3 is 0 Å². The molecular weight excluding hydrogens is 492 g/mol. The quantitative estimate of drug-likeness (QED) is 0.160. The van der Waals surface area contributed by atoms with Gasteiger partial charge in [0.1, 0.15) is 0 Å². The number of benzene rings is 8. The van der Waals surface area contributed by atoms with Gasteiger partial charge in [-0.25, -0.2) is 0 Å². The molecule has 8 rings (SSSR count). The molecule has 0 aromatic heterocycles. The van der Waals surface area contributed by atoms with Crippen molar-refractivity contribution in [2.75, 3.05) is 0 Å². The smallest absolute Gasteiger partial charge is 0.0364 e. The summed E-state index contributed by atoms with van der Waals surface area (Å²) in [6, 6.07) is 60.1. The van der Waals surface area contributed by atoms with Gasteiger partial charge in [-0.3, -0.25) is 0 Å². The van der Waals surface area contributed by atoms with Gasteiger partial charge in [-0.05, 0) is 83.0 Å². The lowest BCUT2D eigenvalue weighted by Crippen LogP contribution is -2.07. The van der Waals surface area contributed by atoms with E-state index in [1.54, 1.807) is 0 Å². The number of rotatable bonds is 4. The fourth-order valence-corrected chi connectivity index (χ4v) is 6.70. The Morgan fingerprint density at radius 2 is 0.634 bits per heavy atom. The maximum atomic E-state index is 2.35. The van der Waals surface area contributed by atoms with Crippen LogP contribution < -0.4 is 0 Å². The third-order valence-corrected chi connectivity index (χ3v) is 8.55. The molecule has 0 heteroatoms. The molecule has 8 aromatic rings. The monoisotopic (exact) mass is 520 g/mol. The fraction of sp³-hybridized carbons (Fsp3) is 0.0244. The summed E-state index contributed by atoms with van der Waals surface area (Å²) in [4.78, 5) is 0. The number of hydrogen-bond donors (Lipinski definition) is 0. The minimum Gasteiger partial charge on any atom is -0.0622 e. The topological polar surface area (TPSA) is 0 Å². The highest BCUT2D eigenvalue weighted by Crippen LogP contribution is 2.46. The van der Waals surface area contributed by atoms with Gasteiger partial charge in [0, 0.05) is 5.92 Å². The van der Waals surface area contributed by atoms with Gasteiger partial charge in [0.25, 0.3) is 0 Å². The maximum Gasteiger partial charge on any atom is 0.0364 e. The zero-order chi connectivity index (χ0) is 27.2. The predicted molar refractivity (Wildman–Crippen MR) is 176 cm³/mol. The van der Waals surface area contributed by atoms with Crippen LogP contribution in [0.3, 0.4) is 0 Å². The molecular formula is C41H28. The molecule has 0 aliphatic heterocycles. The van der Waals surface area contributed by atoms with Crippen LogP contribution in [-0.2, 0) is 0 Å². The maximum absolute atomic E-state index is 2.35. The molecule has 8 aromatic carbocycles. The van der Waals surface area contributed by atoms with Gasteiger partial charge in [0.2, 0.25) is 0 Å². The summed E-state index contributed by atoms with van der Waals surface area (Å²) in [5, 5.41) is 10.3. The minimum atomic E-state index is 0.0341. The average molecular weight is 521 g/mol. The molecule has 0 N–H and O–H groups in total. The summed E-state index contributed by atoms with van der Waals surface area (Å²) in [5.41, 5.74) is 6.51. The van der Waals surface area contributed by atoms with E-state index >= 15 is 0 Å². The van der Waals surface area contributed by atoms with E-state index in [1.807, 2.05) is 0 Å². The average Bonchev–Trinajstić information content (AvgIpc) is 3.05. The van der Waals surface area contributed by atoms with E-state index in [1.165, 1.54) is 70.9 Å². The highest BCUT2D eigenvalue weighted by Gasteiger charge is 2.25. The van der Waals surface area contributed by atoms with Crippen LogP contribution in [0.2, 0.25) is 0 Å². The van der Waals surface area contributed by atoms with E-state index in [0.717, 1.165) is 0 Å². The molecule has 192 valence electrons. The number of hydrogen-bond acceptors (Lipinski definition) is 0. The first-order valence-corrected chi connectivity index (χ1v) is 14.3. The first-order chi connectivity index (χ1) is 20.3. The molecule has 0 bridgehead atoms. The summed E-state index contributed by atoms with van der Waals surface area (Å²) in [6.07, 6.45) is 0. The summed E-state index contributed by atoms with van der Waals surface area (Å²) < 4.78 is 0. The fourth-order valence-electron chi connectivity index (χ4n) is 6.70. The zero-order valence-corrected chi connectivity index (χ0v) is 22.7. The zero-order valence-electron chi connectivity index (χ0n) is 22.7. The summed E-state index contributed by atoms with van der Waals surface area (Å²) >= 11 is 0. The molecule has 0 heterocycles.